The molecular formula is C32H21N2OP. The molecule has 0 saturated carbocycles. The number of nitriles is 1. The van der Waals surface area contributed by atoms with Gasteiger partial charge < -0.3 is 4.57 Å². The zero-order valence-electron chi connectivity index (χ0n) is 19.4. The zero-order valence-corrected chi connectivity index (χ0v) is 20.3. The van der Waals surface area contributed by atoms with E-state index >= 15 is 0 Å². The Morgan fingerprint density at radius 3 is 1.64 bits per heavy atom. The fraction of sp³-hybridized carbons (Fsp3) is 0. The van der Waals surface area contributed by atoms with Crippen LogP contribution in [0.5, 0.6) is 0 Å². The molecule has 5 aromatic carbocycles. The van der Waals surface area contributed by atoms with E-state index < -0.39 is 7.14 Å². The summed E-state index contributed by atoms with van der Waals surface area (Å²) in [6.45, 7) is 7.47. The molecule has 0 bridgehead atoms. The summed E-state index contributed by atoms with van der Waals surface area (Å²) in [7, 11) is -3.16. The number of rotatable bonds is 5. The molecule has 0 aliphatic rings. The molecule has 4 heteroatoms. The molecular weight excluding hydrogens is 459 g/mol. The van der Waals surface area contributed by atoms with Gasteiger partial charge in [0, 0.05) is 15.9 Å². The van der Waals surface area contributed by atoms with Crippen molar-refractivity contribution >= 4 is 28.7 Å². The van der Waals surface area contributed by atoms with Gasteiger partial charge in [0.05, 0.1) is 18.2 Å². The average Bonchev–Trinajstić information content (AvgIpc) is 2.97. The summed E-state index contributed by atoms with van der Waals surface area (Å²) in [6.07, 6.45) is 0. The first-order valence-corrected chi connectivity index (χ1v) is 13.2. The van der Waals surface area contributed by atoms with Gasteiger partial charge in [-0.2, -0.15) is 5.26 Å². The van der Waals surface area contributed by atoms with Crippen molar-refractivity contribution in [2.75, 3.05) is 0 Å². The Kier molecular flexibility index (Phi) is 6.34. The van der Waals surface area contributed by atoms with E-state index in [9.17, 15) is 9.83 Å². The van der Waals surface area contributed by atoms with Crippen LogP contribution in [0, 0.1) is 17.9 Å². The molecule has 5 rings (SSSR count). The second kappa shape index (κ2) is 9.89. The van der Waals surface area contributed by atoms with Crippen molar-refractivity contribution in [3.8, 4) is 28.3 Å². The van der Waals surface area contributed by atoms with E-state index in [0.717, 1.165) is 38.2 Å². The van der Waals surface area contributed by atoms with Crippen LogP contribution in [0.2, 0.25) is 0 Å². The first-order valence-electron chi connectivity index (χ1n) is 11.5. The summed E-state index contributed by atoms with van der Waals surface area (Å²) in [4.78, 5) is 3.63. The predicted octanol–water partition coefficient (Wildman–Crippen LogP) is 7.08. The lowest BCUT2D eigenvalue weighted by atomic mass is 10.0. The lowest BCUT2D eigenvalue weighted by molar-refractivity contribution is 0.592. The molecule has 0 spiro atoms. The normalized spacial score (nSPS) is 12.2. The molecule has 0 heterocycles. The molecule has 0 radical (unpaired) electrons. The van der Waals surface area contributed by atoms with E-state index in [4.69, 9.17) is 6.57 Å². The lowest BCUT2D eigenvalue weighted by Gasteiger charge is -2.21. The third-order valence-corrected chi connectivity index (χ3v) is 9.35. The van der Waals surface area contributed by atoms with Crippen molar-refractivity contribution in [1.29, 1.82) is 5.26 Å². The zero-order chi connectivity index (χ0) is 25.0. The van der Waals surface area contributed by atoms with Crippen LogP contribution in [0.15, 0.2) is 127 Å². The largest absolute Gasteiger partial charge is 0.309 e. The minimum absolute atomic E-state index is 0.588. The maximum atomic E-state index is 14.9. The second-order valence-corrected chi connectivity index (χ2v) is 11.1. The number of para-hydroxylation sites is 1. The summed E-state index contributed by atoms with van der Waals surface area (Å²) in [5.41, 5.74) is 4.71. The van der Waals surface area contributed by atoms with Gasteiger partial charge in [-0.25, -0.2) is 4.85 Å². The highest BCUT2D eigenvalue weighted by molar-refractivity contribution is 7.85. The smallest absolute Gasteiger partial charge is 0.194 e. The predicted molar refractivity (Wildman–Crippen MR) is 148 cm³/mol. The maximum Gasteiger partial charge on any atom is 0.194 e. The van der Waals surface area contributed by atoms with Crippen molar-refractivity contribution in [2.45, 2.75) is 0 Å². The topological polar surface area (TPSA) is 45.2 Å². The van der Waals surface area contributed by atoms with Gasteiger partial charge in [0.1, 0.15) is 0 Å². The third-order valence-electron chi connectivity index (χ3n) is 6.28. The maximum absolute atomic E-state index is 14.9. The molecule has 3 nitrogen and oxygen atoms in total. The Hall–Kier alpha value is -4.69. The van der Waals surface area contributed by atoms with Gasteiger partial charge >= 0.3 is 0 Å². The molecule has 36 heavy (non-hydrogen) atoms. The van der Waals surface area contributed by atoms with Crippen LogP contribution in [0.25, 0.3) is 27.1 Å². The van der Waals surface area contributed by atoms with Crippen LogP contribution in [-0.2, 0) is 4.57 Å². The Morgan fingerprint density at radius 1 is 0.583 bits per heavy atom. The Morgan fingerprint density at radius 2 is 1.06 bits per heavy atom. The average molecular weight is 481 g/mol. The second-order valence-electron chi connectivity index (χ2n) is 8.32. The minimum atomic E-state index is -3.16. The van der Waals surface area contributed by atoms with Gasteiger partial charge in [-0.05, 0) is 28.3 Å². The van der Waals surface area contributed by atoms with Gasteiger partial charge in [-0.1, -0.05) is 121 Å². The van der Waals surface area contributed by atoms with Crippen molar-refractivity contribution < 1.29 is 4.57 Å². The molecule has 0 fully saturated rings. The quantitative estimate of drug-likeness (QED) is 0.199. The first-order chi connectivity index (χ1) is 17.6. The Bertz CT molecular complexity index is 1550. The van der Waals surface area contributed by atoms with Crippen LogP contribution in [0.4, 0.5) is 5.69 Å². The van der Waals surface area contributed by atoms with E-state index in [1.165, 1.54) is 0 Å². The molecule has 0 aliphatic carbocycles. The molecule has 170 valence electrons. The van der Waals surface area contributed by atoms with E-state index in [2.05, 4.69) is 10.9 Å². The van der Waals surface area contributed by atoms with Crippen LogP contribution in [0.3, 0.4) is 0 Å². The highest BCUT2D eigenvalue weighted by atomic mass is 31.2. The van der Waals surface area contributed by atoms with Crippen molar-refractivity contribution in [2.24, 2.45) is 0 Å². The minimum Gasteiger partial charge on any atom is -0.309 e. The van der Waals surface area contributed by atoms with Crippen LogP contribution < -0.4 is 15.9 Å². The van der Waals surface area contributed by atoms with Gasteiger partial charge in [0.2, 0.25) is 0 Å². The molecule has 5 aromatic rings. The van der Waals surface area contributed by atoms with Gasteiger partial charge in [-0.15, -0.1) is 0 Å². The third kappa shape index (κ3) is 4.14. The molecule has 0 N–H and O–H groups in total. The van der Waals surface area contributed by atoms with Gasteiger partial charge in [-0.3, -0.25) is 0 Å². The number of nitrogens with zero attached hydrogens (tertiary/aromatic N) is 2. The van der Waals surface area contributed by atoms with E-state index in [0.29, 0.717) is 11.3 Å². The Labute approximate surface area is 211 Å². The lowest BCUT2D eigenvalue weighted by Crippen LogP contribution is -2.25. The van der Waals surface area contributed by atoms with Crippen molar-refractivity contribution in [3.63, 3.8) is 0 Å². The standard InChI is InChI=1S/C32H21N2OP/c1-34-32-14-8-7-13-31(32)25-17-21-29(22-18-25)36(35,27-10-3-2-4-11-27)28-19-15-24(16-20-28)30-12-6-5-9-26(30)23-33/h2-22H. The molecule has 0 aromatic heterocycles. The van der Waals surface area contributed by atoms with E-state index in [1.807, 2.05) is 115 Å². The molecule has 0 saturated heterocycles. The summed E-state index contributed by atoms with van der Waals surface area (Å²) in [5, 5.41) is 11.7. The number of hydrogen-bond donors (Lipinski definition) is 0. The van der Waals surface area contributed by atoms with Gasteiger partial charge in [0.15, 0.2) is 12.8 Å². The van der Waals surface area contributed by atoms with Crippen LogP contribution in [-0.4, -0.2) is 0 Å². The highest BCUT2D eigenvalue weighted by Crippen LogP contribution is 2.43. The SMILES string of the molecule is [C-]#[N+]c1ccccc1-c1ccc(P(=O)(c2ccccc2)c2ccc(-c3ccccc3C#N)cc2)cc1. The molecule has 0 aliphatic heterocycles. The van der Waals surface area contributed by atoms with Crippen molar-refractivity contribution in [1.82, 2.24) is 0 Å². The fourth-order valence-corrected chi connectivity index (χ4v) is 7.06. The fourth-order valence-electron chi connectivity index (χ4n) is 4.43. The monoisotopic (exact) mass is 480 g/mol. The van der Waals surface area contributed by atoms with Crippen molar-refractivity contribution in [3.05, 3.63) is 144 Å². The summed E-state index contributed by atoms with van der Waals surface area (Å²) < 4.78 is 14.9. The van der Waals surface area contributed by atoms with E-state index in [1.54, 1.807) is 12.1 Å². The van der Waals surface area contributed by atoms with Crippen LogP contribution in [0.1, 0.15) is 5.56 Å². The Balaban J connectivity index is 1.61. The highest BCUT2D eigenvalue weighted by Gasteiger charge is 2.29. The molecule has 1 atom stereocenters. The first kappa shape index (κ1) is 23.1. The van der Waals surface area contributed by atoms with Gasteiger partial charge in [0.25, 0.3) is 0 Å². The summed E-state index contributed by atoms with van der Waals surface area (Å²) in [5.74, 6) is 0. The number of hydrogen-bond acceptors (Lipinski definition) is 2. The summed E-state index contributed by atoms with van der Waals surface area (Å²) in [6, 6.07) is 42.1. The molecule has 0 amide bonds. The molecule has 1 unspecified atom stereocenters. The summed E-state index contributed by atoms with van der Waals surface area (Å²) >= 11 is 0. The van der Waals surface area contributed by atoms with Crippen LogP contribution >= 0.6 is 7.14 Å². The number of benzene rings is 5. The van der Waals surface area contributed by atoms with E-state index in [-0.39, 0.29) is 0 Å².